The van der Waals surface area contributed by atoms with Crippen molar-refractivity contribution < 1.29 is 18.0 Å². The Labute approximate surface area is 214 Å². The van der Waals surface area contributed by atoms with E-state index < -0.39 is 20.7 Å². The molecule has 0 unspecified atom stereocenters. The van der Waals surface area contributed by atoms with Crippen LogP contribution in [0.4, 0.5) is 5.69 Å². The molecule has 190 valence electrons. The van der Waals surface area contributed by atoms with Crippen LogP contribution in [0.3, 0.4) is 0 Å². The van der Waals surface area contributed by atoms with Gasteiger partial charge in [0.05, 0.1) is 11.6 Å². The van der Waals surface area contributed by atoms with Gasteiger partial charge in [-0.25, -0.2) is 8.42 Å². The summed E-state index contributed by atoms with van der Waals surface area (Å²) in [5.41, 5.74) is 2.92. The SMILES string of the molecule is Cn1nc(C(=O)NCc2ccc(C#N)cc2)c2c1C(=O)N(CC1(S(=O)(=O)Nc3ccccc3)CC1)CC2. The summed E-state index contributed by atoms with van der Waals surface area (Å²) in [6, 6.07) is 17.7. The Bertz CT molecular complexity index is 1500. The molecule has 1 aliphatic carbocycles. The molecule has 2 aromatic carbocycles. The zero-order chi connectivity index (χ0) is 26.2. The van der Waals surface area contributed by atoms with E-state index in [9.17, 15) is 18.0 Å². The van der Waals surface area contributed by atoms with Gasteiger partial charge in [-0.3, -0.25) is 19.0 Å². The molecule has 1 fully saturated rings. The lowest BCUT2D eigenvalue weighted by Gasteiger charge is -2.31. The minimum atomic E-state index is -3.71. The quantitative estimate of drug-likeness (QED) is 0.469. The first kappa shape index (κ1) is 24.5. The maximum Gasteiger partial charge on any atom is 0.272 e. The van der Waals surface area contributed by atoms with E-state index in [1.807, 2.05) is 6.07 Å². The highest BCUT2D eigenvalue weighted by Gasteiger charge is 2.56. The summed E-state index contributed by atoms with van der Waals surface area (Å²) in [6.07, 6.45) is 1.34. The third-order valence-corrected chi connectivity index (χ3v) is 9.08. The molecular weight excluding hydrogens is 492 g/mol. The number of para-hydroxylation sites is 1. The molecule has 5 rings (SSSR count). The number of carbonyl (C=O) groups excluding carboxylic acids is 2. The summed E-state index contributed by atoms with van der Waals surface area (Å²) in [6.45, 7) is 0.639. The molecule has 11 heteroatoms. The number of rotatable bonds is 8. The number of fused-ring (bicyclic) bond motifs is 1. The number of sulfonamides is 1. The average Bonchev–Trinajstić information content (AvgIpc) is 3.61. The van der Waals surface area contributed by atoms with Gasteiger partial charge in [0.2, 0.25) is 10.0 Å². The highest BCUT2D eigenvalue weighted by Crippen LogP contribution is 2.45. The van der Waals surface area contributed by atoms with Gasteiger partial charge in [-0.05, 0) is 49.1 Å². The topological polar surface area (TPSA) is 137 Å². The number of nitriles is 1. The third kappa shape index (κ3) is 4.68. The lowest BCUT2D eigenvalue weighted by Crippen LogP contribution is -2.47. The lowest BCUT2D eigenvalue weighted by atomic mass is 10.0. The first-order valence-electron chi connectivity index (χ1n) is 11.9. The Kier molecular flexibility index (Phi) is 6.21. The molecule has 37 heavy (non-hydrogen) atoms. The van der Waals surface area contributed by atoms with Gasteiger partial charge in [-0.15, -0.1) is 0 Å². The third-order valence-electron chi connectivity index (χ3n) is 6.90. The van der Waals surface area contributed by atoms with E-state index in [0.717, 1.165) is 5.56 Å². The second-order valence-corrected chi connectivity index (χ2v) is 11.5. The molecule has 2 aliphatic rings. The number of carbonyl (C=O) groups is 2. The van der Waals surface area contributed by atoms with Crippen LogP contribution in [0.15, 0.2) is 54.6 Å². The van der Waals surface area contributed by atoms with Crippen molar-refractivity contribution in [3.8, 4) is 6.07 Å². The molecule has 0 bridgehead atoms. The second-order valence-electron chi connectivity index (χ2n) is 9.42. The highest BCUT2D eigenvalue weighted by atomic mass is 32.2. The van der Waals surface area contributed by atoms with Gasteiger partial charge < -0.3 is 10.2 Å². The number of benzene rings is 2. The molecule has 1 saturated carbocycles. The van der Waals surface area contributed by atoms with Crippen LogP contribution in [0, 0.1) is 11.3 Å². The van der Waals surface area contributed by atoms with Crippen molar-refractivity contribution in [2.75, 3.05) is 17.8 Å². The van der Waals surface area contributed by atoms with Gasteiger partial charge in [0.15, 0.2) is 5.69 Å². The molecular formula is C26H26N6O4S. The van der Waals surface area contributed by atoms with Crippen LogP contribution in [0.5, 0.6) is 0 Å². The molecule has 1 aromatic heterocycles. The van der Waals surface area contributed by atoms with E-state index in [2.05, 4.69) is 21.2 Å². The van der Waals surface area contributed by atoms with Crippen LogP contribution < -0.4 is 10.0 Å². The fourth-order valence-corrected chi connectivity index (χ4v) is 6.26. The maximum atomic E-state index is 13.4. The van der Waals surface area contributed by atoms with Crippen molar-refractivity contribution in [3.05, 3.63) is 82.7 Å². The zero-order valence-electron chi connectivity index (χ0n) is 20.3. The summed E-state index contributed by atoms with van der Waals surface area (Å²) in [4.78, 5) is 27.9. The number of hydrogen-bond donors (Lipinski definition) is 2. The molecule has 0 spiro atoms. The maximum absolute atomic E-state index is 13.4. The van der Waals surface area contributed by atoms with Crippen LogP contribution in [-0.2, 0) is 30.0 Å². The number of aromatic nitrogens is 2. The van der Waals surface area contributed by atoms with Gasteiger partial charge in [0, 0.05) is 37.9 Å². The second kappa shape index (κ2) is 9.37. The number of aryl methyl sites for hydroxylation is 1. The molecule has 0 atom stereocenters. The average molecular weight is 519 g/mol. The van der Waals surface area contributed by atoms with Crippen molar-refractivity contribution in [2.45, 2.75) is 30.6 Å². The Morgan fingerprint density at radius 3 is 2.49 bits per heavy atom. The van der Waals surface area contributed by atoms with Crippen molar-refractivity contribution >= 4 is 27.5 Å². The monoisotopic (exact) mass is 518 g/mol. The van der Waals surface area contributed by atoms with Crippen LogP contribution in [0.1, 0.15) is 50.5 Å². The van der Waals surface area contributed by atoms with E-state index in [1.54, 1.807) is 60.5 Å². The molecule has 3 aromatic rings. The Balaban J connectivity index is 1.29. The van der Waals surface area contributed by atoms with E-state index in [0.29, 0.717) is 48.3 Å². The Morgan fingerprint density at radius 2 is 1.84 bits per heavy atom. The number of nitrogens with zero attached hydrogens (tertiary/aromatic N) is 4. The predicted octanol–water partition coefficient (Wildman–Crippen LogP) is 2.19. The van der Waals surface area contributed by atoms with E-state index >= 15 is 0 Å². The van der Waals surface area contributed by atoms with Crippen molar-refractivity contribution in [2.24, 2.45) is 7.05 Å². The molecule has 1 aliphatic heterocycles. The summed E-state index contributed by atoms with van der Waals surface area (Å²) in [5.74, 6) is -0.723. The summed E-state index contributed by atoms with van der Waals surface area (Å²) in [7, 11) is -2.10. The standard InChI is InChI=1S/C26H26N6O4S/c1-31-23-21(22(29-31)24(33)28-16-19-9-7-18(15-27)8-10-19)11-14-32(25(23)34)17-26(12-13-26)37(35,36)30-20-5-3-2-4-6-20/h2-10,30H,11-14,16-17H2,1H3,(H,28,33). The van der Waals surface area contributed by atoms with Gasteiger partial charge in [-0.2, -0.15) is 10.4 Å². The molecule has 0 radical (unpaired) electrons. The minimum Gasteiger partial charge on any atom is -0.347 e. The normalized spacial score (nSPS) is 16.0. The van der Waals surface area contributed by atoms with Crippen molar-refractivity contribution in [3.63, 3.8) is 0 Å². The van der Waals surface area contributed by atoms with Crippen molar-refractivity contribution in [1.82, 2.24) is 20.0 Å². The summed E-state index contributed by atoms with van der Waals surface area (Å²) in [5, 5.41) is 16.1. The number of hydrogen-bond acceptors (Lipinski definition) is 6. The van der Waals surface area contributed by atoms with Gasteiger partial charge >= 0.3 is 0 Å². The van der Waals surface area contributed by atoms with E-state index in [4.69, 9.17) is 5.26 Å². The summed E-state index contributed by atoms with van der Waals surface area (Å²) < 4.78 is 29.3. The Hall–Kier alpha value is -4.17. The lowest BCUT2D eigenvalue weighted by molar-refractivity contribution is 0.0724. The zero-order valence-corrected chi connectivity index (χ0v) is 21.1. The fourth-order valence-electron chi connectivity index (χ4n) is 4.64. The predicted molar refractivity (Wildman–Crippen MR) is 136 cm³/mol. The first-order valence-corrected chi connectivity index (χ1v) is 13.4. The minimum absolute atomic E-state index is 0.0822. The fraction of sp³-hybridized carbons (Fsp3) is 0.308. The van der Waals surface area contributed by atoms with Gasteiger partial charge in [0.25, 0.3) is 11.8 Å². The number of amides is 2. The van der Waals surface area contributed by atoms with Crippen LogP contribution in [-0.4, -0.2) is 52.7 Å². The highest BCUT2D eigenvalue weighted by molar-refractivity contribution is 7.94. The van der Waals surface area contributed by atoms with E-state index in [-0.39, 0.29) is 24.7 Å². The molecule has 10 nitrogen and oxygen atoms in total. The Morgan fingerprint density at radius 1 is 1.14 bits per heavy atom. The van der Waals surface area contributed by atoms with Gasteiger partial charge in [0.1, 0.15) is 10.4 Å². The van der Waals surface area contributed by atoms with Gasteiger partial charge in [-0.1, -0.05) is 30.3 Å². The molecule has 2 amide bonds. The smallest absolute Gasteiger partial charge is 0.272 e. The van der Waals surface area contributed by atoms with Crippen LogP contribution in [0.2, 0.25) is 0 Å². The number of anilines is 1. The molecule has 0 saturated heterocycles. The van der Waals surface area contributed by atoms with E-state index in [1.165, 1.54) is 4.68 Å². The molecule has 2 N–H and O–H groups in total. The van der Waals surface area contributed by atoms with Crippen molar-refractivity contribution in [1.29, 1.82) is 5.26 Å². The van der Waals surface area contributed by atoms with Crippen LogP contribution in [0.25, 0.3) is 0 Å². The summed E-state index contributed by atoms with van der Waals surface area (Å²) >= 11 is 0. The molecule has 2 heterocycles. The first-order chi connectivity index (χ1) is 17.7. The van der Waals surface area contributed by atoms with Crippen LogP contribution >= 0.6 is 0 Å². The largest absolute Gasteiger partial charge is 0.347 e. The number of nitrogens with one attached hydrogen (secondary N) is 2.